The standard InChI is InChI=1S/C35H56N8O7S/c1-19(2)15-26(33(48)43-37)41-34(49)29(20(3)4)42-31(46)25(13-14-51-8)39-32(47)27(17-28(44)50-35(5,6)7)40-30(45)23(36)16-21-18-38-24-12-10-9-11-22(21)24/h9-12,18-20,23,25-27,29,38H,13-17,36-37H2,1-8H3,(H,39,47)(H,40,45)(H,41,49)(H,42,46)(H,43,48)/t23-,25+,26+,27-,29-/m1/s1. The molecule has 1 aromatic heterocycles. The van der Waals surface area contributed by atoms with Crippen molar-refractivity contribution in [1.82, 2.24) is 31.7 Å². The topological polar surface area (TPSA) is 240 Å². The Balaban J connectivity index is 2.28. The van der Waals surface area contributed by atoms with Gasteiger partial charge in [-0.1, -0.05) is 45.9 Å². The Labute approximate surface area is 304 Å². The molecule has 1 aromatic carbocycles. The van der Waals surface area contributed by atoms with Crippen LogP contribution in [0, 0.1) is 11.8 Å². The average Bonchev–Trinajstić information content (AvgIpc) is 3.45. The number of aromatic amines is 1. The number of aromatic nitrogens is 1. The Bertz CT molecular complexity index is 1510. The number of fused-ring (bicyclic) bond motifs is 1. The number of thioether (sulfide) groups is 1. The average molecular weight is 733 g/mol. The molecule has 0 radical (unpaired) electrons. The third kappa shape index (κ3) is 14.2. The minimum Gasteiger partial charge on any atom is -0.460 e. The molecule has 51 heavy (non-hydrogen) atoms. The molecule has 0 spiro atoms. The number of ether oxygens (including phenoxy) is 1. The van der Waals surface area contributed by atoms with Gasteiger partial charge in [0.25, 0.3) is 5.91 Å². The van der Waals surface area contributed by atoms with Gasteiger partial charge in [-0.25, -0.2) is 5.84 Å². The van der Waals surface area contributed by atoms with Crippen molar-refractivity contribution in [3.63, 3.8) is 0 Å². The first-order chi connectivity index (χ1) is 23.9. The minimum atomic E-state index is -1.43. The number of carbonyl (C=O) groups excluding carboxylic acids is 6. The van der Waals surface area contributed by atoms with Gasteiger partial charge in [-0.2, -0.15) is 11.8 Å². The van der Waals surface area contributed by atoms with Crippen LogP contribution in [0.4, 0.5) is 0 Å². The Morgan fingerprint density at radius 3 is 2.04 bits per heavy atom. The molecule has 16 heteroatoms. The van der Waals surface area contributed by atoms with E-state index in [0.717, 1.165) is 16.5 Å². The van der Waals surface area contributed by atoms with Gasteiger partial charge in [0, 0.05) is 17.1 Å². The molecule has 284 valence electrons. The Kier molecular flexibility index (Phi) is 16.9. The molecule has 0 saturated heterocycles. The highest BCUT2D eigenvalue weighted by molar-refractivity contribution is 7.98. The second kappa shape index (κ2) is 20.0. The van der Waals surface area contributed by atoms with Gasteiger partial charge < -0.3 is 36.7 Å². The summed E-state index contributed by atoms with van der Waals surface area (Å²) in [6.45, 7) is 12.3. The lowest BCUT2D eigenvalue weighted by Gasteiger charge is -2.28. The summed E-state index contributed by atoms with van der Waals surface area (Å²) in [6.07, 6.45) is 3.71. The molecule has 0 aliphatic heterocycles. The largest absolute Gasteiger partial charge is 0.460 e. The molecule has 15 nitrogen and oxygen atoms in total. The van der Waals surface area contributed by atoms with Crippen molar-refractivity contribution in [3.05, 3.63) is 36.0 Å². The summed E-state index contributed by atoms with van der Waals surface area (Å²) in [7, 11) is 0. The number of benzene rings is 1. The molecule has 0 fully saturated rings. The number of para-hydroxylation sites is 1. The quantitative estimate of drug-likeness (QED) is 0.0444. The van der Waals surface area contributed by atoms with Crippen molar-refractivity contribution in [2.24, 2.45) is 23.4 Å². The first-order valence-corrected chi connectivity index (χ1v) is 18.5. The van der Waals surface area contributed by atoms with E-state index < -0.39 is 83.7 Å². The second-order valence-electron chi connectivity index (χ2n) is 14.3. The Morgan fingerprint density at radius 1 is 0.843 bits per heavy atom. The van der Waals surface area contributed by atoms with Crippen LogP contribution in [0.25, 0.3) is 10.9 Å². The van der Waals surface area contributed by atoms with Gasteiger partial charge >= 0.3 is 5.97 Å². The fourth-order valence-electron chi connectivity index (χ4n) is 5.30. The van der Waals surface area contributed by atoms with Crippen LogP contribution >= 0.6 is 11.8 Å². The SMILES string of the molecule is CSCC[C@H](NC(=O)[C@@H](CC(=O)OC(C)(C)C)NC(=O)[C@H](N)Cc1c[nH]c2ccccc12)C(=O)N[C@@H](C(=O)N[C@@H](CC(C)C)C(=O)NN)C(C)C. The zero-order valence-electron chi connectivity index (χ0n) is 30.9. The molecule has 2 aromatic rings. The fourth-order valence-corrected chi connectivity index (χ4v) is 5.77. The van der Waals surface area contributed by atoms with E-state index >= 15 is 0 Å². The number of esters is 1. The van der Waals surface area contributed by atoms with E-state index in [1.54, 1.807) is 40.8 Å². The molecule has 0 bridgehead atoms. The molecule has 0 aliphatic carbocycles. The van der Waals surface area contributed by atoms with Crippen molar-refractivity contribution in [2.45, 2.75) is 110 Å². The molecule has 5 amide bonds. The summed E-state index contributed by atoms with van der Waals surface area (Å²) in [5, 5.41) is 11.5. The van der Waals surface area contributed by atoms with E-state index in [1.807, 2.05) is 44.4 Å². The molecular weight excluding hydrogens is 677 g/mol. The molecule has 0 saturated carbocycles. The highest BCUT2D eigenvalue weighted by Gasteiger charge is 2.34. The molecule has 2 rings (SSSR count). The van der Waals surface area contributed by atoms with Crippen LogP contribution in [0.3, 0.4) is 0 Å². The lowest BCUT2D eigenvalue weighted by atomic mass is 9.99. The summed E-state index contributed by atoms with van der Waals surface area (Å²) in [5.74, 6) is 1.39. The van der Waals surface area contributed by atoms with Crippen LogP contribution in [0.2, 0.25) is 0 Å². The van der Waals surface area contributed by atoms with Gasteiger partial charge in [0.15, 0.2) is 0 Å². The highest BCUT2D eigenvalue weighted by Crippen LogP contribution is 2.19. The second-order valence-corrected chi connectivity index (χ2v) is 15.3. The van der Waals surface area contributed by atoms with Crippen LogP contribution in [0.5, 0.6) is 0 Å². The number of hydrogen-bond donors (Lipinski definition) is 8. The van der Waals surface area contributed by atoms with Crippen molar-refractivity contribution >= 4 is 58.2 Å². The predicted molar refractivity (Wildman–Crippen MR) is 198 cm³/mol. The number of nitrogens with one attached hydrogen (secondary N) is 6. The number of nitrogens with two attached hydrogens (primary N) is 2. The summed E-state index contributed by atoms with van der Waals surface area (Å²) >= 11 is 1.44. The minimum absolute atomic E-state index is 0.0584. The predicted octanol–water partition coefficient (Wildman–Crippen LogP) is 1.15. The van der Waals surface area contributed by atoms with Gasteiger partial charge in [0.1, 0.15) is 29.8 Å². The zero-order valence-corrected chi connectivity index (χ0v) is 31.7. The first-order valence-electron chi connectivity index (χ1n) is 17.1. The fraction of sp³-hybridized carbons (Fsp3) is 0.600. The summed E-state index contributed by atoms with van der Waals surface area (Å²) in [5.41, 5.74) is 9.17. The molecule has 10 N–H and O–H groups in total. The van der Waals surface area contributed by atoms with Crippen LogP contribution < -0.4 is 38.3 Å². The monoisotopic (exact) mass is 732 g/mol. The van der Waals surface area contributed by atoms with Crippen molar-refractivity contribution in [3.8, 4) is 0 Å². The lowest BCUT2D eigenvalue weighted by Crippen LogP contribution is -2.60. The van der Waals surface area contributed by atoms with E-state index in [1.165, 1.54) is 11.8 Å². The van der Waals surface area contributed by atoms with Gasteiger partial charge in [-0.15, -0.1) is 0 Å². The van der Waals surface area contributed by atoms with Crippen LogP contribution in [0.1, 0.15) is 73.3 Å². The van der Waals surface area contributed by atoms with E-state index in [-0.39, 0.29) is 18.8 Å². The maximum absolute atomic E-state index is 13.8. The third-order valence-corrected chi connectivity index (χ3v) is 8.49. The van der Waals surface area contributed by atoms with Crippen LogP contribution in [-0.4, -0.2) is 88.3 Å². The van der Waals surface area contributed by atoms with Gasteiger partial charge in [0.2, 0.25) is 23.6 Å². The third-order valence-electron chi connectivity index (χ3n) is 7.85. The Hall–Kier alpha value is -4.15. The maximum Gasteiger partial charge on any atom is 0.308 e. The molecule has 1 heterocycles. The summed E-state index contributed by atoms with van der Waals surface area (Å²) in [4.78, 5) is 82.6. The molecule has 0 aliphatic rings. The van der Waals surface area contributed by atoms with E-state index in [9.17, 15) is 28.8 Å². The van der Waals surface area contributed by atoms with E-state index in [0.29, 0.717) is 12.2 Å². The number of H-pyrrole nitrogens is 1. The normalized spacial score (nSPS) is 14.6. The molecular formula is C35H56N8O7S. The number of carbonyl (C=O) groups is 6. The first kappa shape index (κ1) is 43.0. The van der Waals surface area contributed by atoms with E-state index in [4.69, 9.17) is 16.3 Å². The summed E-state index contributed by atoms with van der Waals surface area (Å²) in [6, 6.07) is 1.92. The van der Waals surface area contributed by atoms with Gasteiger partial charge in [-0.3, -0.25) is 34.2 Å². The molecule has 0 unspecified atom stereocenters. The van der Waals surface area contributed by atoms with E-state index in [2.05, 4.69) is 31.7 Å². The highest BCUT2D eigenvalue weighted by atomic mass is 32.2. The summed E-state index contributed by atoms with van der Waals surface area (Å²) < 4.78 is 5.43. The van der Waals surface area contributed by atoms with Crippen LogP contribution in [0.15, 0.2) is 30.5 Å². The smallest absolute Gasteiger partial charge is 0.308 e. The maximum atomic E-state index is 13.8. The Morgan fingerprint density at radius 2 is 1.45 bits per heavy atom. The van der Waals surface area contributed by atoms with Crippen LogP contribution in [-0.2, 0) is 39.9 Å². The van der Waals surface area contributed by atoms with Gasteiger partial charge in [-0.05, 0) is 75.5 Å². The van der Waals surface area contributed by atoms with Crippen molar-refractivity contribution in [2.75, 3.05) is 12.0 Å². The van der Waals surface area contributed by atoms with Crippen molar-refractivity contribution < 1.29 is 33.5 Å². The number of amides is 5. The zero-order chi connectivity index (χ0) is 38.5. The van der Waals surface area contributed by atoms with Gasteiger partial charge in [0.05, 0.1) is 12.5 Å². The lowest BCUT2D eigenvalue weighted by molar-refractivity contribution is -0.156. The molecule has 5 atom stereocenters. The number of hydrazine groups is 1. The number of hydrogen-bond acceptors (Lipinski definition) is 10. The number of rotatable bonds is 19. The van der Waals surface area contributed by atoms with Crippen molar-refractivity contribution in [1.29, 1.82) is 0 Å².